The van der Waals surface area contributed by atoms with Gasteiger partial charge in [-0.2, -0.15) is 0 Å². The summed E-state index contributed by atoms with van der Waals surface area (Å²) in [5, 5.41) is 9.30. The number of carboxylic acids is 1. The Kier molecular flexibility index (Phi) is 5.25. The van der Waals surface area contributed by atoms with Gasteiger partial charge in [0.2, 0.25) is 0 Å². The highest BCUT2D eigenvalue weighted by molar-refractivity contribution is 7.85. The molecule has 0 aliphatic carbocycles. The third-order valence-electron chi connectivity index (χ3n) is 1.86. The van der Waals surface area contributed by atoms with Gasteiger partial charge in [-0.15, -0.1) is 0 Å². The number of hydrogen-bond acceptors (Lipinski definition) is 2. The van der Waals surface area contributed by atoms with E-state index in [4.69, 9.17) is 28.3 Å². The summed E-state index contributed by atoms with van der Waals surface area (Å²) in [5.41, 5.74) is 0. The van der Waals surface area contributed by atoms with Crippen molar-refractivity contribution in [3.63, 3.8) is 0 Å². The van der Waals surface area contributed by atoms with Gasteiger partial charge >= 0.3 is 5.97 Å². The van der Waals surface area contributed by atoms with Crippen LogP contribution in [0.3, 0.4) is 0 Å². The molecular weight excluding hydrogens is 271 g/mol. The van der Waals surface area contributed by atoms with Crippen molar-refractivity contribution in [2.24, 2.45) is 0 Å². The topological polar surface area (TPSA) is 54.4 Å². The van der Waals surface area contributed by atoms with E-state index >= 15 is 0 Å². The van der Waals surface area contributed by atoms with E-state index in [2.05, 4.69) is 0 Å². The maximum atomic E-state index is 11.8. The number of halogens is 2. The lowest BCUT2D eigenvalue weighted by atomic mass is 10.3. The van der Waals surface area contributed by atoms with Crippen LogP contribution in [0.1, 0.15) is 12.8 Å². The summed E-state index contributed by atoms with van der Waals surface area (Å²) in [4.78, 5) is 10.8. The number of aliphatic carboxylic acids is 1. The molecule has 1 aromatic rings. The number of carbonyl (C=O) groups is 1. The molecule has 0 radical (unpaired) electrons. The molecule has 0 aliphatic rings. The molecule has 0 heterocycles. The molecule has 0 saturated carbocycles. The summed E-state index contributed by atoms with van der Waals surface area (Å²) in [5.74, 6) is -0.624. The summed E-state index contributed by atoms with van der Waals surface area (Å²) in [6.07, 6.45) is 0.356. The second-order valence-electron chi connectivity index (χ2n) is 3.12. The summed E-state index contributed by atoms with van der Waals surface area (Å²) in [6.45, 7) is 0. The zero-order valence-electron chi connectivity index (χ0n) is 8.28. The minimum Gasteiger partial charge on any atom is -0.481 e. The SMILES string of the molecule is O=C(O)CCCS(=O)c1cc(Cl)ccc1Cl. The van der Waals surface area contributed by atoms with Crippen LogP contribution in [0.5, 0.6) is 0 Å². The lowest BCUT2D eigenvalue weighted by Gasteiger charge is -2.04. The molecule has 0 spiro atoms. The van der Waals surface area contributed by atoms with Gasteiger partial charge in [-0.25, -0.2) is 0 Å². The van der Waals surface area contributed by atoms with Crippen molar-refractivity contribution in [1.82, 2.24) is 0 Å². The van der Waals surface area contributed by atoms with Gasteiger partial charge in [0.25, 0.3) is 0 Å². The largest absolute Gasteiger partial charge is 0.481 e. The average Bonchev–Trinajstić information content (AvgIpc) is 2.21. The first kappa shape index (κ1) is 13.5. The fourth-order valence-electron chi connectivity index (χ4n) is 1.12. The summed E-state index contributed by atoms with van der Waals surface area (Å²) in [6, 6.07) is 4.73. The molecule has 1 unspecified atom stereocenters. The van der Waals surface area contributed by atoms with Gasteiger partial charge in [0.05, 0.1) is 20.7 Å². The second-order valence-corrected chi connectivity index (χ2v) is 5.50. The lowest BCUT2D eigenvalue weighted by molar-refractivity contribution is -0.137. The maximum Gasteiger partial charge on any atom is 0.303 e. The number of hydrogen-bond donors (Lipinski definition) is 1. The van der Waals surface area contributed by atoms with Crippen LogP contribution in [0, 0.1) is 0 Å². The third kappa shape index (κ3) is 4.12. The first-order chi connectivity index (χ1) is 7.50. The number of rotatable bonds is 5. The van der Waals surface area contributed by atoms with Gasteiger partial charge in [0.1, 0.15) is 0 Å². The smallest absolute Gasteiger partial charge is 0.303 e. The molecule has 3 nitrogen and oxygen atoms in total. The predicted molar refractivity (Wildman–Crippen MR) is 64.6 cm³/mol. The minimum absolute atomic E-state index is 0.00389. The fourth-order valence-corrected chi connectivity index (χ4v) is 2.90. The van der Waals surface area contributed by atoms with Crippen LogP contribution in [-0.2, 0) is 15.6 Å². The number of carboxylic acid groups (broad SMARTS) is 1. The van der Waals surface area contributed by atoms with Crippen molar-refractivity contribution < 1.29 is 14.1 Å². The van der Waals surface area contributed by atoms with Gasteiger partial charge in [0.15, 0.2) is 0 Å². The van der Waals surface area contributed by atoms with Crippen LogP contribution in [0.2, 0.25) is 10.0 Å². The maximum absolute atomic E-state index is 11.8. The predicted octanol–water partition coefficient (Wildman–Crippen LogP) is 2.97. The van der Waals surface area contributed by atoms with Crippen LogP contribution >= 0.6 is 23.2 Å². The van der Waals surface area contributed by atoms with E-state index in [0.717, 1.165) is 0 Å². The Balaban J connectivity index is 2.65. The van der Waals surface area contributed by atoms with Gasteiger partial charge < -0.3 is 5.11 Å². The van der Waals surface area contributed by atoms with Gasteiger partial charge in [-0.05, 0) is 24.6 Å². The first-order valence-electron chi connectivity index (χ1n) is 4.56. The highest BCUT2D eigenvalue weighted by Crippen LogP contribution is 2.24. The summed E-state index contributed by atoms with van der Waals surface area (Å²) < 4.78 is 11.8. The lowest BCUT2D eigenvalue weighted by Crippen LogP contribution is -2.02. The van der Waals surface area contributed by atoms with Crippen LogP contribution in [0.25, 0.3) is 0 Å². The zero-order chi connectivity index (χ0) is 12.1. The second kappa shape index (κ2) is 6.23. The molecule has 0 aliphatic heterocycles. The number of benzene rings is 1. The molecule has 0 aromatic heterocycles. The van der Waals surface area contributed by atoms with Gasteiger partial charge in [-0.3, -0.25) is 9.00 Å². The van der Waals surface area contributed by atoms with E-state index in [-0.39, 0.29) is 12.2 Å². The van der Waals surface area contributed by atoms with E-state index in [1.165, 1.54) is 0 Å². The Morgan fingerprint density at radius 1 is 1.38 bits per heavy atom. The summed E-state index contributed by atoms with van der Waals surface area (Å²) in [7, 11) is -1.30. The molecule has 0 amide bonds. The Bertz CT molecular complexity index is 421. The van der Waals surface area contributed by atoms with Crippen LogP contribution < -0.4 is 0 Å². The molecule has 1 rings (SSSR count). The Labute approximate surface area is 106 Å². The fraction of sp³-hybridized carbons (Fsp3) is 0.300. The molecule has 1 atom stereocenters. The van der Waals surface area contributed by atoms with E-state index in [1.807, 2.05) is 0 Å². The molecule has 0 bridgehead atoms. The monoisotopic (exact) mass is 280 g/mol. The standard InChI is InChI=1S/C10H10Cl2O3S/c11-7-3-4-8(12)9(6-7)16(15)5-1-2-10(13)14/h3-4,6H,1-2,5H2,(H,13,14). The summed E-state index contributed by atoms with van der Waals surface area (Å²) >= 11 is 11.6. The van der Waals surface area contributed by atoms with Crippen LogP contribution in [-0.4, -0.2) is 21.0 Å². The molecule has 88 valence electrons. The normalized spacial score (nSPS) is 12.4. The molecule has 6 heteroatoms. The van der Waals surface area contributed by atoms with Crippen molar-refractivity contribution in [2.45, 2.75) is 17.7 Å². The van der Waals surface area contributed by atoms with Crippen LogP contribution in [0.4, 0.5) is 0 Å². The van der Waals surface area contributed by atoms with Crippen molar-refractivity contribution in [3.05, 3.63) is 28.2 Å². The molecule has 1 aromatic carbocycles. The van der Waals surface area contributed by atoms with Gasteiger partial charge in [0, 0.05) is 17.2 Å². The minimum atomic E-state index is -1.30. The Hall–Kier alpha value is -0.580. The van der Waals surface area contributed by atoms with Gasteiger partial charge in [-0.1, -0.05) is 23.2 Å². The van der Waals surface area contributed by atoms with Crippen molar-refractivity contribution >= 4 is 40.0 Å². The molecule has 0 fully saturated rings. The molecular formula is C10H10Cl2O3S. The molecule has 16 heavy (non-hydrogen) atoms. The first-order valence-corrected chi connectivity index (χ1v) is 6.63. The van der Waals surface area contributed by atoms with Crippen molar-refractivity contribution in [1.29, 1.82) is 0 Å². The third-order valence-corrected chi connectivity index (χ3v) is 4.02. The molecule has 1 N–H and O–H groups in total. The van der Waals surface area contributed by atoms with E-state index in [0.29, 0.717) is 21.4 Å². The highest BCUT2D eigenvalue weighted by Gasteiger charge is 2.10. The van der Waals surface area contributed by atoms with E-state index in [1.54, 1.807) is 18.2 Å². The van der Waals surface area contributed by atoms with Crippen molar-refractivity contribution in [3.8, 4) is 0 Å². The van der Waals surface area contributed by atoms with E-state index < -0.39 is 16.8 Å². The van der Waals surface area contributed by atoms with Crippen molar-refractivity contribution in [2.75, 3.05) is 5.75 Å². The zero-order valence-corrected chi connectivity index (χ0v) is 10.6. The quantitative estimate of drug-likeness (QED) is 0.902. The highest BCUT2D eigenvalue weighted by atomic mass is 35.5. The Morgan fingerprint density at radius 2 is 2.06 bits per heavy atom. The average molecular weight is 281 g/mol. The molecule has 0 saturated heterocycles. The Morgan fingerprint density at radius 3 is 2.69 bits per heavy atom. The van der Waals surface area contributed by atoms with Crippen LogP contribution in [0.15, 0.2) is 23.1 Å². The van der Waals surface area contributed by atoms with E-state index in [9.17, 15) is 9.00 Å².